The van der Waals surface area contributed by atoms with E-state index in [1.807, 2.05) is 84.9 Å². The van der Waals surface area contributed by atoms with E-state index in [2.05, 4.69) is 100 Å². The molecule has 46 heavy (non-hydrogen) atoms. The molecule has 7 heteroatoms. The number of carbonyl (C=O) groups excluding carboxylic acids is 1. The highest BCUT2D eigenvalue weighted by Crippen LogP contribution is 2.52. The lowest BCUT2D eigenvalue weighted by Gasteiger charge is -2.33. The number of hydrogen-bond acceptors (Lipinski definition) is 3. The first-order chi connectivity index (χ1) is 22.3. The summed E-state index contributed by atoms with van der Waals surface area (Å²) in [6.45, 7) is 0. The summed E-state index contributed by atoms with van der Waals surface area (Å²) < 4.78 is 16.7. The first-order valence-electron chi connectivity index (χ1n) is 14.6. The molecule has 8 rings (SSSR count). The van der Waals surface area contributed by atoms with Gasteiger partial charge in [-0.2, -0.15) is 0 Å². The molecule has 224 valence electrons. The molecule has 2 aliphatic heterocycles. The Balaban J connectivity index is 1.32. The summed E-state index contributed by atoms with van der Waals surface area (Å²) in [5, 5.41) is 0. The zero-order valence-corrected chi connectivity index (χ0v) is 30.3. The third-order valence-corrected chi connectivity index (χ3v) is 10.3. The maximum Gasteiger partial charge on any atom is 0.157 e. The van der Waals surface area contributed by atoms with E-state index in [1.54, 1.807) is 0 Å². The predicted molar refractivity (Wildman–Crippen MR) is 196 cm³/mol. The normalized spacial score (nSPS) is 15.8. The Morgan fingerprint density at radius 1 is 0.413 bits per heavy atom. The fraction of sp³-hybridized carbons (Fsp3) is 0.0513. The van der Waals surface area contributed by atoms with Gasteiger partial charge in [0.05, 0.1) is 11.8 Å². The van der Waals surface area contributed by atoms with Gasteiger partial charge in [-0.15, -0.1) is 0 Å². The van der Waals surface area contributed by atoms with E-state index in [-0.39, 0.29) is 5.78 Å². The van der Waals surface area contributed by atoms with Crippen LogP contribution in [0, 0.1) is 0 Å². The molecule has 2 unspecified atom stereocenters. The molecule has 6 aromatic rings. The van der Waals surface area contributed by atoms with Crippen LogP contribution in [-0.2, 0) is 4.79 Å². The lowest BCUT2D eigenvalue weighted by Crippen LogP contribution is -2.27. The van der Waals surface area contributed by atoms with Crippen LogP contribution in [0.4, 0.5) is 0 Å². The molecule has 2 aliphatic rings. The summed E-state index contributed by atoms with van der Waals surface area (Å²) in [7, 11) is 0. The minimum absolute atomic E-state index is 0.0640. The van der Waals surface area contributed by atoms with E-state index in [9.17, 15) is 0 Å². The summed E-state index contributed by atoms with van der Waals surface area (Å²) in [4.78, 5) is 15.4. The summed E-state index contributed by atoms with van der Waals surface area (Å²) in [5.74, 6) is 1.69. The molecule has 0 radical (unpaired) electrons. The SMILES string of the molecule is O=C(C1c2ccccc2Oc2ccc(-c3cc(Br)cc(Br)c3)cc21)C1c2ccccc2Oc2ccc(-c3cc(Br)cc(Br)c3)cc21. The molecule has 0 bridgehead atoms. The predicted octanol–water partition coefficient (Wildman–Crippen LogP) is 12.8. The Morgan fingerprint density at radius 3 is 1.20 bits per heavy atom. The molecule has 0 aromatic heterocycles. The van der Waals surface area contributed by atoms with Gasteiger partial charge in [0.25, 0.3) is 0 Å². The second kappa shape index (κ2) is 11.9. The second-order valence-corrected chi connectivity index (χ2v) is 15.0. The van der Waals surface area contributed by atoms with E-state index in [1.165, 1.54) is 0 Å². The van der Waals surface area contributed by atoms with Crippen molar-refractivity contribution in [3.05, 3.63) is 161 Å². The van der Waals surface area contributed by atoms with Gasteiger partial charge < -0.3 is 9.47 Å². The molecule has 0 fully saturated rings. The number of ketones is 1. The van der Waals surface area contributed by atoms with Crippen molar-refractivity contribution < 1.29 is 14.3 Å². The van der Waals surface area contributed by atoms with Crippen molar-refractivity contribution in [2.24, 2.45) is 0 Å². The quantitative estimate of drug-likeness (QED) is 0.177. The first-order valence-corrected chi connectivity index (χ1v) is 17.8. The van der Waals surface area contributed by atoms with E-state index in [0.717, 1.165) is 62.4 Å². The Morgan fingerprint density at radius 2 is 0.783 bits per heavy atom. The number of rotatable bonds is 4. The molecule has 0 aliphatic carbocycles. The van der Waals surface area contributed by atoms with Gasteiger partial charge in [0.2, 0.25) is 0 Å². The average molecular weight is 858 g/mol. The lowest BCUT2D eigenvalue weighted by atomic mass is 9.74. The van der Waals surface area contributed by atoms with Crippen molar-refractivity contribution in [1.29, 1.82) is 0 Å². The van der Waals surface area contributed by atoms with Crippen LogP contribution in [0.5, 0.6) is 23.0 Å². The molecule has 6 aromatic carbocycles. The smallest absolute Gasteiger partial charge is 0.157 e. The van der Waals surface area contributed by atoms with Crippen molar-refractivity contribution in [1.82, 2.24) is 0 Å². The summed E-state index contributed by atoms with van der Waals surface area (Å²) >= 11 is 14.5. The largest absolute Gasteiger partial charge is 0.457 e. The zero-order chi connectivity index (χ0) is 31.5. The molecule has 0 saturated carbocycles. The molecular formula is C39H22Br4O3. The minimum Gasteiger partial charge on any atom is -0.457 e. The third-order valence-electron chi connectivity index (χ3n) is 8.50. The zero-order valence-electron chi connectivity index (χ0n) is 23.9. The second-order valence-electron chi connectivity index (χ2n) is 11.4. The minimum atomic E-state index is -0.567. The van der Waals surface area contributed by atoms with E-state index >= 15 is 4.79 Å². The van der Waals surface area contributed by atoms with Gasteiger partial charge in [-0.05, 0) is 95.1 Å². The van der Waals surface area contributed by atoms with Gasteiger partial charge in [0, 0.05) is 40.1 Å². The molecular weight excluding hydrogens is 836 g/mol. The van der Waals surface area contributed by atoms with Gasteiger partial charge in [-0.25, -0.2) is 0 Å². The number of Topliss-reactive ketones (excluding diaryl/α,β-unsaturated/α-hetero) is 1. The Bertz CT molecular complexity index is 2010. The third kappa shape index (κ3) is 5.37. The lowest BCUT2D eigenvalue weighted by molar-refractivity contribution is -0.120. The van der Waals surface area contributed by atoms with Gasteiger partial charge >= 0.3 is 0 Å². The fourth-order valence-electron chi connectivity index (χ4n) is 6.51. The van der Waals surface area contributed by atoms with Crippen LogP contribution in [0.2, 0.25) is 0 Å². The van der Waals surface area contributed by atoms with Crippen LogP contribution in [-0.4, -0.2) is 5.78 Å². The molecule has 0 amide bonds. The Labute approximate surface area is 300 Å². The number of para-hydroxylation sites is 2. The van der Waals surface area contributed by atoms with Crippen molar-refractivity contribution in [2.75, 3.05) is 0 Å². The number of benzene rings is 6. The van der Waals surface area contributed by atoms with Crippen molar-refractivity contribution >= 4 is 69.5 Å². The van der Waals surface area contributed by atoms with Crippen molar-refractivity contribution in [3.63, 3.8) is 0 Å². The van der Waals surface area contributed by atoms with Crippen molar-refractivity contribution in [2.45, 2.75) is 11.8 Å². The van der Waals surface area contributed by atoms with E-state index in [0.29, 0.717) is 23.0 Å². The number of fused-ring (bicyclic) bond motifs is 4. The van der Waals surface area contributed by atoms with Gasteiger partial charge in [-0.3, -0.25) is 4.79 Å². The molecule has 0 N–H and O–H groups in total. The Kier molecular flexibility index (Phi) is 7.76. The maximum atomic E-state index is 15.4. The van der Waals surface area contributed by atoms with Gasteiger partial charge in [0.15, 0.2) is 5.78 Å². The van der Waals surface area contributed by atoms with Crippen LogP contribution < -0.4 is 9.47 Å². The molecule has 0 saturated heterocycles. The van der Waals surface area contributed by atoms with Crippen LogP contribution >= 0.6 is 63.7 Å². The fourth-order valence-corrected chi connectivity index (χ4v) is 9.10. The number of hydrogen-bond donors (Lipinski definition) is 0. The van der Waals surface area contributed by atoms with Gasteiger partial charge in [-0.1, -0.05) is 112 Å². The summed E-state index contributed by atoms with van der Waals surface area (Å²) in [5.41, 5.74) is 7.44. The van der Waals surface area contributed by atoms with Crippen LogP contribution in [0.3, 0.4) is 0 Å². The van der Waals surface area contributed by atoms with Crippen molar-refractivity contribution in [3.8, 4) is 45.3 Å². The highest BCUT2D eigenvalue weighted by Gasteiger charge is 2.41. The van der Waals surface area contributed by atoms with E-state index in [4.69, 9.17) is 9.47 Å². The van der Waals surface area contributed by atoms with Crippen LogP contribution in [0.25, 0.3) is 22.3 Å². The van der Waals surface area contributed by atoms with E-state index < -0.39 is 11.8 Å². The number of carbonyl (C=O) groups is 1. The standard InChI is InChI=1S/C39H22Br4O3/c40-25-13-23(14-26(41)19-25)21-9-11-35-31(17-21)37(29-5-1-3-7-33(29)45-35)39(44)38-30-6-2-4-8-34(30)46-36-12-10-22(18-32(36)38)24-15-27(42)20-28(43)16-24/h1-20,37-38H. The van der Waals surface area contributed by atoms with Crippen LogP contribution in [0.1, 0.15) is 34.1 Å². The first kappa shape index (κ1) is 29.9. The number of halogens is 4. The molecule has 0 spiro atoms. The highest BCUT2D eigenvalue weighted by molar-refractivity contribution is 9.11. The average Bonchev–Trinajstić information content (AvgIpc) is 3.04. The summed E-state index contributed by atoms with van der Waals surface area (Å²) in [6, 6.07) is 40.3. The highest BCUT2D eigenvalue weighted by atomic mass is 79.9. The monoisotopic (exact) mass is 854 g/mol. The van der Waals surface area contributed by atoms with Gasteiger partial charge in [0.1, 0.15) is 23.0 Å². The molecule has 2 heterocycles. The Hall–Kier alpha value is -3.49. The topological polar surface area (TPSA) is 35.5 Å². The molecule has 3 nitrogen and oxygen atoms in total. The maximum absolute atomic E-state index is 15.4. The summed E-state index contributed by atoms with van der Waals surface area (Å²) in [6.07, 6.45) is 0. The van der Waals surface area contributed by atoms with Crippen LogP contribution in [0.15, 0.2) is 139 Å². The molecule has 2 atom stereocenters. The number of ether oxygens (including phenoxy) is 2.